The van der Waals surface area contributed by atoms with Gasteiger partial charge in [-0.05, 0) is 42.0 Å². The SMILES string of the molecule is O=c1c2ccccc2nc(SCc2ccc(Br)cc2)n1-c1ccccc1Cl. The summed E-state index contributed by atoms with van der Waals surface area (Å²) in [5, 5.41) is 1.71. The number of fused-ring (bicyclic) bond motifs is 1. The summed E-state index contributed by atoms with van der Waals surface area (Å²) < 4.78 is 2.64. The van der Waals surface area contributed by atoms with Crippen molar-refractivity contribution in [1.29, 1.82) is 0 Å². The molecular formula is C21H14BrClN2OS. The van der Waals surface area contributed by atoms with Crippen LogP contribution in [-0.2, 0) is 5.75 Å². The summed E-state index contributed by atoms with van der Waals surface area (Å²) in [5.74, 6) is 0.697. The zero-order valence-corrected chi connectivity index (χ0v) is 17.3. The number of nitrogens with zero attached hydrogens (tertiary/aromatic N) is 2. The van der Waals surface area contributed by atoms with E-state index < -0.39 is 0 Å². The minimum Gasteiger partial charge on any atom is -0.268 e. The predicted octanol–water partition coefficient (Wildman–Crippen LogP) is 6.09. The molecule has 0 radical (unpaired) electrons. The van der Waals surface area contributed by atoms with Crippen molar-refractivity contribution in [2.75, 3.05) is 0 Å². The summed E-state index contributed by atoms with van der Waals surface area (Å²) in [6.45, 7) is 0. The third-order valence-electron chi connectivity index (χ3n) is 4.12. The number of hydrogen-bond acceptors (Lipinski definition) is 3. The Balaban J connectivity index is 1.85. The minimum atomic E-state index is -0.119. The van der Waals surface area contributed by atoms with Crippen LogP contribution in [-0.4, -0.2) is 9.55 Å². The minimum absolute atomic E-state index is 0.119. The predicted molar refractivity (Wildman–Crippen MR) is 116 cm³/mol. The Bertz CT molecular complexity index is 1170. The second-order valence-corrected chi connectivity index (χ2v) is 8.18. The first-order valence-corrected chi connectivity index (χ1v) is 10.4. The van der Waals surface area contributed by atoms with Gasteiger partial charge in [0.15, 0.2) is 5.16 Å². The number of rotatable bonds is 4. The van der Waals surface area contributed by atoms with E-state index in [4.69, 9.17) is 16.6 Å². The number of thioether (sulfide) groups is 1. The highest BCUT2D eigenvalue weighted by Gasteiger charge is 2.15. The van der Waals surface area contributed by atoms with Crippen LogP contribution in [0.4, 0.5) is 0 Å². The average molecular weight is 458 g/mol. The fraction of sp³-hybridized carbons (Fsp3) is 0.0476. The van der Waals surface area contributed by atoms with Gasteiger partial charge in [0.1, 0.15) is 0 Å². The van der Waals surface area contributed by atoms with Crippen LogP contribution in [0.1, 0.15) is 5.56 Å². The molecule has 0 atom stereocenters. The van der Waals surface area contributed by atoms with E-state index >= 15 is 0 Å². The van der Waals surface area contributed by atoms with Crippen LogP contribution in [0.2, 0.25) is 5.02 Å². The van der Waals surface area contributed by atoms with Gasteiger partial charge < -0.3 is 0 Å². The quantitative estimate of drug-likeness (QED) is 0.274. The van der Waals surface area contributed by atoms with Crippen LogP contribution in [0, 0.1) is 0 Å². The van der Waals surface area contributed by atoms with E-state index in [1.54, 1.807) is 16.7 Å². The molecule has 6 heteroatoms. The summed E-state index contributed by atoms with van der Waals surface area (Å²) in [6, 6.07) is 22.8. The number of benzene rings is 3. The lowest BCUT2D eigenvalue weighted by atomic mass is 10.2. The maximum absolute atomic E-state index is 13.2. The molecule has 4 rings (SSSR count). The third-order valence-corrected chi connectivity index (χ3v) is 5.98. The molecule has 0 saturated carbocycles. The molecule has 0 N–H and O–H groups in total. The molecule has 3 aromatic carbocycles. The zero-order chi connectivity index (χ0) is 18.8. The Labute approximate surface area is 174 Å². The highest BCUT2D eigenvalue weighted by atomic mass is 79.9. The zero-order valence-electron chi connectivity index (χ0n) is 14.1. The van der Waals surface area contributed by atoms with Gasteiger partial charge in [0, 0.05) is 10.2 Å². The van der Waals surface area contributed by atoms with Crippen molar-refractivity contribution in [3.05, 3.63) is 98.2 Å². The third kappa shape index (κ3) is 3.81. The van der Waals surface area contributed by atoms with Crippen LogP contribution in [0.15, 0.2) is 87.2 Å². The van der Waals surface area contributed by atoms with Gasteiger partial charge in [0.05, 0.1) is 21.6 Å². The van der Waals surface area contributed by atoms with E-state index in [1.165, 1.54) is 11.8 Å². The molecule has 4 aromatic rings. The Hall–Kier alpha value is -2.08. The van der Waals surface area contributed by atoms with Crippen molar-refractivity contribution in [1.82, 2.24) is 9.55 Å². The molecule has 1 aromatic heterocycles. The molecule has 0 bridgehead atoms. The largest absolute Gasteiger partial charge is 0.268 e. The number of para-hydroxylation sites is 2. The molecule has 1 heterocycles. The molecule has 0 spiro atoms. The van der Waals surface area contributed by atoms with Crippen molar-refractivity contribution in [2.24, 2.45) is 0 Å². The van der Waals surface area contributed by atoms with Gasteiger partial charge in [-0.2, -0.15) is 0 Å². The highest BCUT2D eigenvalue weighted by Crippen LogP contribution is 2.28. The maximum atomic E-state index is 13.2. The molecule has 3 nitrogen and oxygen atoms in total. The normalized spacial score (nSPS) is 11.0. The van der Waals surface area contributed by atoms with Gasteiger partial charge in [-0.1, -0.05) is 75.7 Å². The topological polar surface area (TPSA) is 34.9 Å². The molecule has 0 aliphatic carbocycles. The van der Waals surface area contributed by atoms with Crippen LogP contribution >= 0.6 is 39.3 Å². The Morgan fingerprint density at radius 3 is 2.44 bits per heavy atom. The van der Waals surface area contributed by atoms with Gasteiger partial charge in [-0.3, -0.25) is 9.36 Å². The van der Waals surface area contributed by atoms with Crippen LogP contribution in [0.25, 0.3) is 16.6 Å². The first kappa shape index (κ1) is 18.3. The summed E-state index contributed by atoms with van der Waals surface area (Å²) in [6.07, 6.45) is 0. The molecule has 0 unspecified atom stereocenters. The fourth-order valence-corrected chi connectivity index (χ4v) is 4.23. The lowest BCUT2D eigenvalue weighted by Gasteiger charge is -2.14. The fourth-order valence-electron chi connectivity index (χ4n) is 2.78. The van der Waals surface area contributed by atoms with Crippen molar-refractivity contribution in [3.63, 3.8) is 0 Å². The summed E-state index contributed by atoms with van der Waals surface area (Å²) >= 11 is 11.4. The molecule has 0 aliphatic heterocycles. The lowest BCUT2D eigenvalue weighted by Crippen LogP contribution is -2.22. The second-order valence-electron chi connectivity index (χ2n) is 5.92. The molecule has 0 saturated heterocycles. The Morgan fingerprint density at radius 2 is 1.67 bits per heavy atom. The van der Waals surface area contributed by atoms with Crippen molar-refractivity contribution < 1.29 is 0 Å². The highest BCUT2D eigenvalue weighted by molar-refractivity contribution is 9.10. The second kappa shape index (κ2) is 7.89. The summed E-state index contributed by atoms with van der Waals surface area (Å²) in [4.78, 5) is 17.9. The Kier molecular flexibility index (Phi) is 5.34. The average Bonchev–Trinajstić information content (AvgIpc) is 2.69. The van der Waals surface area contributed by atoms with Gasteiger partial charge in [-0.15, -0.1) is 0 Å². The van der Waals surface area contributed by atoms with E-state index in [-0.39, 0.29) is 5.56 Å². The van der Waals surface area contributed by atoms with E-state index in [0.29, 0.717) is 32.5 Å². The monoisotopic (exact) mass is 456 g/mol. The van der Waals surface area contributed by atoms with Gasteiger partial charge >= 0.3 is 0 Å². The smallest absolute Gasteiger partial charge is 0.266 e. The van der Waals surface area contributed by atoms with Crippen molar-refractivity contribution >= 4 is 50.2 Å². The lowest BCUT2D eigenvalue weighted by molar-refractivity contribution is 0.820. The Morgan fingerprint density at radius 1 is 0.963 bits per heavy atom. The van der Waals surface area contributed by atoms with E-state index in [2.05, 4.69) is 28.1 Å². The van der Waals surface area contributed by atoms with Gasteiger partial charge in [0.2, 0.25) is 0 Å². The van der Waals surface area contributed by atoms with Crippen LogP contribution in [0.5, 0.6) is 0 Å². The van der Waals surface area contributed by atoms with Gasteiger partial charge in [-0.25, -0.2) is 4.98 Å². The van der Waals surface area contributed by atoms with Crippen LogP contribution < -0.4 is 5.56 Å². The molecule has 0 fully saturated rings. The molecular weight excluding hydrogens is 444 g/mol. The van der Waals surface area contributed by atoms with Crippen LogP contribution in [0.3, 0.4) is 0 Å². The number of halogens is 2. The molecule has 0 amide bonds. The maximum Gasteiger partial charge on any atom is 0.266 e. The van der Waals surface area contributed by atoms with E-state index in [0.717, 1.165) is 10.0 Å². The van der Waals surface area contributed by atoms with E-state index in [1.807, 2.05) is 48.5 Å². The summed E-state index contributed by atoms with van der Waals surface area (Å²) in [5.41, 5.74) is 2.35. The van der Waals surface area contributed by atoms with Crippen molar-refractivity contribution in [2.45, 2.75) is 10.9 Å². The van der Waals surface area contributed by atoms with E-state index in [9.17, 15) is 4.79 Å². The summed E-state index contributed by atoms with van der Waals surface area (Å²) in [7, 11) is 0. The number of aromatic nitrogens is 2. The number of hydrogen-bond donors (Lipinski definition) is 0. The molecule has 27 heavy (non-hydrogen) atoms. The van der Waals surface area contributed by atoms with Gasteiger partial charge in [0.25, 0.3) is 5.56 Å². The molecule has 0 aliphatic rings. The standard InChI is InChI=1S/C21H14BrClN2OS/c22-15-11-9-14(10-12-15)13-27-21-24-18-7-3-1-5-16(18)20(26)25(21)19-8-4-2-6-17(19)23/h1-12H,13H2. The van der Waals surface area contributed by atoms with Crippen molar-refractivity contribution in [3.8, 4) is 5.69 Å². The first-order chi connectivity index (χ1) is 13.1. The first-order valence-electron chi connectivity index (χ1n) is 8.27. The molecule has 134 valence electrons.